The van der Waals surface area contributed by atoms with E-state index in [1.807, 2.05) is 18.1 Å². The summed E-state index contributed by atoms with van der Waals surface area (Å²) < 4.78 is 0. The first-order chi connectivity index (χ1) is 11.2. The second-order valence-electron chi connectivity index (χ2n) is 5.70. The van der Waals surface area contributed by atoms with Crippen molar-refractivity contribution in [3.8, 4) is 0 Å². The molecule has 1 saturated heterocycles. The van der Waals surface area contributed by atoms with E-state index in [4.69, 9.17) is 0 Å². The number of likely N-dealkylation sites (tertiary alicyclic amines) is 1. The van der Waals surface area contributed by atoms with Crippen molar-refractivity contribution >= 4 is 23.6 Å². The minimum Gasteiger partial charge on any atom is -0.341 e. The zero-order valence-corrected chi connectivity index (χ0v) is 14.8. The Morgan fingerprint density at radius 3 is 2.57 bits per heavy atom. The van der Waals surface area contributed by atoms with Crippen LogP contribution in [0.15, 0.2) is 23.4 Å². The maximum Gasteiger partial charge on any atom is 0.254 e. The molecule has 0 radical (unpaired) electrons. The molecule has 2 rings (SSSR count). The van der Waals surface area contributed by atoms with E-state index in [2.05, 4.69) is 4.98 Å². The lowest BCUT2D eigenvalue weighted by molar-refractivity contribution is -0.131. The highest BCUT2D eigenvalue weighted by Gasteiger charge is 2.22. The minimum absolute atomic E-state index is 0.0567. The number of carbonyl (C=O) groups excluding carboxylic acids is 2. The Kier molecular flexibility index (Phi) is 6.89. The van der Waals surface area contributed by atoms with Crippen LogP contribution in [-0.4, -0.2) is 59.0 Å². The van der Waals surface area contributed by atoms with Gasteiger partial charge in [0.2, 0.25) is 5.91 Å². The Morgan fingerprint density at radius 1 is 1.26 bits per heavy atom. The molecule has 0 unspecified atom stereocenters. The summed E-state index contributed by atoms with van der Waals surface area (Å²) >= 11 is 1.50. The molecule has 1 aromatic rings. The average Bonchev–Trinajstić information content (AvgIpc) is 2.88. The van der Waals surface area contributed by atoms with Crippen LogP contribution in [0.3, 0.4) is 0 Å². The largest absolute Gasteiger partial charge is 0.341 e. The van der Waals surface area contributed by atoms with Crippen LogP contribution in [-0.2, 0) is 4.79 Å². The summed E-state index contributed by atoms with van der Waals surface area (Å²) in [4.78, 5) is 32.9. The van der Waals surface area contributed by atoms with E-state index in [1.165, 1.54) is 24.6 Å². The van der Waals surface area contributed by atoms with Gasteiger partial charge in [0.25, 0.3) is 5.91 Å². The monoisotopic (exact) mass is 335 g/mol. The van der Waals surface area contributed by atoms with Crippen LogP contribution in [0.25, 0.3) is 0 Å². The molecule has 0 N–H and O–H groups in total. The van der Waals surface area contributed by atoms with Crippen LogP contribution in [0.2, 0.25) is 0 Å². The van der Waals surface area contributed by atoms with E-state index >= 15 is 0 Å². The molecule has 0 aromatic carbocycles. The Balaban J connectivity index is 2.03. The van der Waals surface area contributed by atoms with Gasteiger partial charge < -0.3 is 9.80 Å². The van der Waals surface area contributed by atoms with Crippen LogP contribution in [0.1, 0.15) is 43.0 Å². The van der Waals surface area contributed by atoms with Crippen molar-refractivity contribution in [1.82, 2.24) is 14.8 Å². The number of amides is 2. The number of hydrogen-bond donors (Lipinski definition) is 0. The van der Waals surface area contributed by atoms with Crippen molar-refractivity contribution < 1.29 is 9.59 Å². The maximum absolute atomic E-state index is 12.6. The number of carbonyl (C=O) groups is 2. The number of nitrogens with zero attached hydrogens (tertiary/aromatic N) is 3. The number of rotatable bonds is 5. The van der Waals surface area contributed by atoms with Crippen molar-refractivity contribution in [2.24, 2.45) is 0 Å². The summed E-state index contributed by atoms with van der Waals surface area (Å²) in [5.74, 6) is -0.0466. The van der Waals surface area contributed by atoms with Crippen LogP contribution in [0.4, 0.5) is 0 Å². The van der Waals surface area contributed by atoms with Gasteiger partial charge >= 0.3 is 0 Å². The first kappa shape index (κ1) is 17.8. The summed E-state index contributed by atoms with van der Waals surface area (Å²) in [6, 6.07) is 3.49. The van der Waals surface area contributed by atoms with Crippen LogP contribution < -0.4 is 0 Å². The number of hydrogen-bond acceptors (Lipinski definition) is 4. The number of aromatic nitrogens is 1. The lowest BCUT2D eigenvalue weighted by Gasteiger charge is -2.26. The molecule has 2 amide bonds. The fourth-order valence-electron chi connectivity index (χ4n) is 2.75. The van der Waals surface area contributed by atoms with Gasteiger partial charge in [-0.3, -0.25) is 9.59 Å². The highest BCUT2D eigenvalue weighted by atomic mass is 32.2. The second kappa shape index (κ2) is 8.91. The molecule has 0 saturated carbocycles. The van der Waals surface area contributed by atoms with Gasteiger partial charge in [0.15, 0.2) is 0 Å². The molecule has 2 heterocycles. The lowest BCUT2D eigenvalue weighted by atomic mass is 10.2. The second-order valence-corrected chi connectivity index (χ2v) is 6.53. The molecule has 1 aliphatic heterocycles. The molecular weight excluding hydrogens is 310 g/mol. The van der Waals surface area contributed by atoms with Gasteiger partial charge in [0.05, 0.1) is 5.03 Å². The molecule has 6 heteroatoms. The summed E-state index contributed by atoms with van der Waals surface area (Å²) in [7, 11) is 0. The van der Waals surface area contributed by atoms with Crippen molar-refractivity contribution in [3.63, 3.8) is 0 Å². The van der Waals surface area contributed by atoms with Gasteiger partial charge in [-0.2, -0.15) is 0 Å². The summed E-state index contributed by atoms with van der Waals surface area (Å²) in [6.45, 7) is 4.22. The molecule has 1 aliphatic rings. The molecule has 0 aliphatic carbocycles. The van der Waals surface area contributed by atoms with Crippen LogP contribution >= 0.6 is 11.8 Å². The van der Waals surface area contributed by atoms with Crippen molar-refractivity contribution in [1.29, 1.82) is 0 Å². The molecular formula is C17H25N3O2S. The number of thioether (sulfide) groups is 1. The minimum atomic E-state index is -0.103. The highest BCUT2D eigenvalue weighted by molar-refractivity contribution is 7.98. The SMILES string of the molecule is CCN(CC(=O)N1CCCCCC1)C(=O)c1ccnc(SC)c1. The number of likely N-dealkylation sites (N-methyl/N-ethyl adjacent to an activating group) is 1. The zero-order valence-electron chi connectivity index (χ0n) is 14.0. The van der Waals surface area contributed by atoms with E-state index in [0.717, 1.165) is 31.0 Å². The quantitative estimate of drug-likeness (QED) is 0.776. The van der Waals surface area contributed by atoms with E-state index in [9.17, 15) is 9.59 Å². The molecule has 1 aromatic heterocycles. The van der Waals surface area contributed by atoms with E-state index in [-0.39, 0.29) is 18.4 Å². The lowest BCUT2D eigenvalue weighted by Crippen LogP contribution is -2.43. The van der Waals surface area contributed by atoms with E-state index < -0.39 is 0 Å². The molecule has 0 atom stereocenters. The van der Waals surface area contributed by atoms with Gasteiger partial charge in [-0.15, -0.1) is 11.8 Å². The Bertz CT molecular complexity index is 542. The molecule has 0 bridgehead atoms. The van der Waals surface area contributed by atoms with E-state index in [1.54, 1.807) is 23.2 Å². The third-order valence-corrected chi connectivity index (χ3v) is 4.79. The maximum atomic E-state index is 12.6. The van der Waals surface area contributed by atoms with Crippen molar-refractivity contribution in [3.05, 3.63) is 23.9 Å². The van der Waals surface area contributed by atoms with Gasteiger partial charge in [-0.25, -0.2) is 4.98 Å². The highest BCUT2D eigenvalue weighted by Crippen LogP contribution is 2.15. The molecule has 0 spiro atoms. The predicted octanol–water partition coefficient (Wildman–Crippen LogP) is 2.67. The summed E-state index contributed by atoms with van der Waals surface area (Å²) in [5.41, 5.74) is 0.592. The van der Waals surface area contributed by atoms with Gasteiger partial charge in [-0.1, -0.05) is 12.8 Å². The number of pyridine rings is 1. The fourth-order valence-corrected chi connectivity index (χ4v) is 3.16. The molecule has 5 nitrogen and oxygen atoms in total. The predicted molar refractivity (Wildman–Crippen MR) is 92.6 cm³/mol. The first-order valence-corrected chi connectivity index (χ1v) is 9.45. The van der Waals surface area contributed by atoms with Gasteiger partial charge in [0, 0.05) is 31.4 Å². The molecule has 23 heavy (non-hydrogen) atoms. The van der Waals surface area contributed by atoms with E-state index in [0.29, 0.717) is 12.1 Å². The van der Waals surface area contributed by atoms with Gasteiger partial charge in [0.1, 0.15) is 6.54 Å². The van der Waals surface area contributed by atoms with Crippen molar-refractivity contribution in [2.75, 3.05) is 32.4 Å². The molecule has 126 valence electrons. The van der Waals surface area contributed by atoms with Crippen LogP contribution in [0.5, 0.6) is 0 Å². The van der Waals surface area contributed by atoms with Crippen LogP contribution in [0, 0.1) is 0 Å². The third-order valence-electron chi connectivity index (χ3n) is 4.14. The Hall–Kier alpha value is -1.56. The topological polar surface area (TPSA) is 53.5 Å². The normalized spacial score (nSPS) is 15.1. The summed E-state index contributed by atoms with van der Waals surface area (Å²) in [6.07, 6.45) is 8.07. The third kappa shape index (κ3) is 4.96. The molecule has 1 fully saturated rings. The first-order valence-electron chi connectivity index (χ1n) is 8.22. The van der Waals surface area contributed by atoms with Crippen molar-refractivity contribution in [2.45, 2.75) is 37.6 Å². The smallest absolute Gasteiger partial charge is 0.254 e. The fraction of sp³-hybridized carbons (Fsp3) is 0.588. The Labute approximate surface area is 142 Å². The average molecular weight is 335 g/mol. The Morgan fingerprint density at radius 2 is 1.96 bits per heavy atom. The standard InChI is InChI=1S/C17H25N3O2S/c1-3-19(13-16(21)20-10-6-4-5-7-11-20)17(22)14-8-9-18-15(12-14)23-2/h8-9,12H,3-7,10-11,13H2,1-2H3. The summed E-state index contributed by atoms with van der Waals surface area (Å²) in [5, 5.41) is 0.811. The zero-order chi connectivity index (χ0) is 16.7. The van der Waals surface area contributed by atoms with Gasteiger partial charge in [-0.05, 0) is 38.2 Å².